The van der Waals surface area contributed by atoms with Crippen LogP contribution in [0.3, 0.4) is 0 Å². The summed E-state index contributed by atoms with van der Waals surface area (Å²) in [5, 5.41) is 2.84. The Kier molecular flexibility index (Phi) is 3.88. The highest BCUT2D eigenvalue weighted by atomic mass is 32.1. The molecule has 1 amide bonds. The van der Waals surface area contributed by atoms with Crippen molar-refractivity contribution in [2.45, 2.75) is 0 Å². The molecule has 1 heterocycles. The van der Waals surface area contributed by atoms with E-state index < -0.39 is 0 Å². The first-order chi connectivity index (χ1) is 10.7. The molecule has 0 unspecified atom stereocenters. The Morgan fingerprint density at radius 1 is 1.05 bits per heavy atom. The first-order valence-electron chi connectivity index (χ1n) is 6.48. The molecule has 0 aliphatic heterocycles. The van der Waals surface area contributed by atoms with Crippen LogP contribution in [0.5, 0.6) is 11.5 Å². The van der Waals surface area contributed by atoms with Crippen LogP contribution in [0.1, 0.15) is 10.4 Å². The summed E-state index contributed by atoms with van der Waals surface area (Å²) in [7, 11) is 3.02. The minimum absolute atomic E-state index is 0.324. The molecule has 6 nitrogen and oxygen atoms in total. The molecule has 0 aliphatic carbocycles. The number of hydrogen-bond donors (Lipinski definition) is 1. The summed E-state index contributed by atoms with van der Waals surface area (Å²) < 4.78 is 18.9. The Morgan fingerprint density at radius 2 is 1.73 bits per heavy atom. The summed E-state index contributed by atoms with van der Waals surface area (Å²) in [6, 6.07) is 10.6. The number of amides is 1. The fraction of sp³-hybridized carbons (Fsp3) is 0.133. The van der Waals surface area contributed by atoms with Gasteiger partial charge in [0.05, 0.1) is 31.6 Å². The van der Waals surface area contributed by atoms with E-state index in [9.17, 15) is 4.79 Å². The van der Waals surface area contributed by atoms with Crippen molar-refractivity contribution in [2.75, 3.05) is 19.5 Å². The van der Waals surface area contributed by atoms with E-state index in [2.05, 4.69) is 14.1 Å². The maximum atomic E-state index is 12.6. The third kappa shape index (κ3) is 2.46. The lowest BCUT2D eigenvalue weighted by Gasteiger charge is -2.13. The number of rotatable bonds is 4. The SMILES string of the molecule is COc1cccc(OC)c1C(=O)Nc1cccc2nsnc12. The topological polar surface area (TPSA) is 73.3 Å². The quantitative estimate of drug-likeness (QED) is 0.801. The van der Waals surface area contributed by atoms with Crippen molar-refractivity contribution in [2.24, 2.45) is 0 Å². The average molecular weight is 315 g/mol. The third-order valence-corrected chi connectivity index (χ3v) is 3.73. The number of anilines is 1. The third-order valence-electron chi connectivity index (χ3n) is 3.19. The number of nitrogens with zero attached hydrogens (tertiary/aromatic N) is 2. The minimum Gasteiger partial charge on any atom is -0.496 e. The Hall–Kier alpha value is -2.67. The zero-order valence-corrected chi connectivity index (χ0v) is 12.8. The number of ether oxygens (including phenoxy) is 2. The van der Waals surface area contributed by atoms with Crippen molar-refractivity contribution in [1.29, 1.82) is 0 Å². The van der Waals surface area contributed by atoms with E-state index in [1.165, 1.54) is 14.2 Å². The van der Waals surface area contributed by atoms with Crippen molar-refractivity contribution in [3.63, 3.8) is 0 Å². The zero-order valence-electron chi connectivity index (χ0n) is 12.0. The molecule has 0 aliphatic rings. The lowest BCUT2D eigenvalue weighted by molar-refractivity contribution is 0.102. The van der Waals surface area contributed by atoms with Crippen LogP contribution in [0.25, 0.3) is 11.0 Å². The molecule has 0 saturated carbocycles. The fourth-order valence-electron chi connectivity index (χ4n) is 2.17. The van der Waals surface area contributed by atoms with E-state index in [1.807, 2.05) is 12.1 Å². The second-order valence-electron chi connectivity index (χ2n) is 4.43. The summed E-state index contributed by atoms with van der Waals surface area (Å²) in [5.74, 6) is 0.565. The van der Waals surface area contributed by atoms with Gasteiger partial charge in [-0.2, -0.15) is 8.75 Å². The standard InChI is InChI=1S/C15H13N3O3S/c1-20-11-7-4-8-12(21-2)13(11)15(19)16-9-5-3-6-10-14(9)18-22-17-10/h3-8H,1-2H3,(H,16,19). The van der Waals surface area contributed by atoms with Crippen molar-refractivity contribution in [3.05, 3.63) is 42.0 Å². The molecule has 0 spiro atoms. The van der Waals surface area contributed by atoms with Gasteiger partial charge in [0.1, 0.15) is 28.1 Å². The van der Waals surface area contributed by atoms with Gasteiger partial charge >= 0.3 is 0 Å². The molecule has 112 valence electrons. The fourth-order valence-corrected chi connectivity index (χ4v) is 2.72. The van der Waals surface area contributed by atoms with E-state index in [0.29, 0.717) is 28.3 Å². The number of aromatic nitrogens is 2. The van der Waals surface area contributed by atoms with Crippen molar-refractivity contribution < 1.29 is 14.3 Å². The molecule has 22 heavy (non-hydrogen) atoms. The number of carbonyl (C=O) groups excluding carboxylic acids is 1. The van der Waals surface area contributed by atoms with Gasteiger partial charge < -0.3 is 14.8 Å². The maximum Gasteiger partial charge on any atom is 0.263 e. The summed E-state index contributed by atoms with van der Waals surface area (Å²) in [5.41, 5.74) is 2.35. The van der Waals surface area contributed by atoms with Crippen LogP contribution in [-0.2, 0) is 0 Å². The van der Waals surface area contributed by atoms with Crippen LogP contribution >= 0.6 is 11.7 Å². The van der Waals surface area contributed by atoms with Crippen LogP contribution < -0.4 is 14.8 Å². The molecule has 0 atom stereocenters. The Bertz CT molecular complexity index is 810. The smallest absolute Gasteiger partial charge is 0.263 e. The molecular weight excluding hydrogens is 302 g/mol. The van der Waals surface area contributed by atoms with Crippen molar-refractivity contribution in [3.8, 4) is 11.5 Å². The van der Waals surface area contributed by atoms with Crippen molar-refractivity contribution >= 4 is 34.4 Å². The number of benzene rings is 2. The van der Waals surface area contributed by atoms with E-state index in [4.69, 9.17) is 9.47 Å². The predicted octanol–water partition coefficient (Wildman–Crippen LogP) is 2.96. The van der Waals surface area contributed by atoms with E-state index in [0.717, 1.165) is 17.2 Å². The summed E-state index contributed by atoms with van der Waals surface area (Å²) >= 11 is 1.10. The van der Waals surface area contributed by atoms with Gasteiger partial charge in [0, 0.05) is 0 Å². The highest BCUT2D eigenvalue weighted by molar-refractivity contribution is 7.00. The van der Waals surface area contributed by atoms with E-state index in [-0.39, 0.29) is 5.91 Å². The lowest BCUT2D eigenvalue weighted by Crippen LogP contribution is -2.14. The molecule has 1 aromatic heterocycles. The average Bonchev–Trinajstić information content (AvgIpc) is 3.03. The summed E-state index contributed by atoms with van der Waals surface area (Å²) in [4.78, 5) is 12.6. The Labute approximate surface area is 131 Å². The molecule has 0 radical (unpaired) electrons. The van der Waals surface area contributed by atoms with Gasteiger partial charge in [0.2, 0.25) is 0 Å². The Balaban J connectivity index is 2.00. The second-order valence-corrected chi connectivity index (χ2v) is 4.96. The maximum absolute atomic E-state index is 12.6. The van der Waals surface area contributed by atoms with Gasteiger partial charge in [0.15, 0.2) is 0 Å². The van der Waals surface area contributed by atoms with Crippen LogP contribution in [0.4, 0.5) is 5.69 Å². The number of nitrogens with one attached hydrogen (secondary N) is 1. The lowest BCUT2D eigenvalue weighted by atomic mass is 10.1. The van der Waals surface area contributed by atoms with Gasteiger partial charge in [-0.25, -0.2) is 0 Å². The van der Waals surface area contributed by atoms with Crippen LogP contribution in [0.15, 0.2) is 36.4 Å². The highest BCUT2D eigenvalue weighted by Crippen LogP contribution is 2.30. The van der Waals surface area contributed by atoms with Crippen molar-refractivity contribution in [1.82, 2.24) is 8.75 Å². The van der Waals surface area contributed by atoms with E-state index in [1.54, 1.807) is 24.3 Å². The largest absolute Gasteiger partial charge is 0.496 e. The van der Waals surface area contributed by atoms with Gasteiger partial charge in [0.25, 0.3) is 5.91 Å². The number of fused-ring (bicyclic) bond motifs is 1. The van der Waals surface area contributed by atoms with Gasteiger partial charge in [-0.05, 0) is 24.3 Å². The summed E-state index contributed by atoms with van der Waals surface area (Å²) in [6.07, 6.45) is 0. The Morgan fingerprint density at radius 3 is 2.41 bits per heavy atom. The number of methoxy groups -OCH3 is 2. The molecule has 3 rings (SSSR count). The first-order valence-corrected chi connectivity index (χ1v) is 7.21. The monoisotopic (exact) mass is 315 g/mol. The van der Waals surface area contributed by atoms with Crippen LogP contribution in [0.2, 0.25) is 0 Å². The first kappa shape index (κ1) is 14.3. The molecule has 0 saturated heterocycles. The van der Waals surface area contributed by atoms with Crippen LogP contribution in [-0.4, -0.2) is 28.9 Å². The molecular formula is C15H13N3O3S. The van der Waals surface area contributed by atoms with Gasteiger partial charge in [-0.1, -0.05) is 12.1 Å². The molecule has 0 bridgehead atoms. The molecule has 3 aromatic rings. The molecule has 0 fully saturated rings. The summed E-state index contributed by atoms with van der Waals surface area (Å²) in [6.45, 7) is 0. The minimum atomic E-state index is -0.324. The molecule has 7 heteroatoms. The second kappa shape index (κ2) is 5.98. The van der Waals surface area contributed by atoms with E-state index >= 15 is 0 Å². The highest BCUT2D eigenvalue weighted by Gasteiger charge is 2.19. The van der Waals surface area contributed by atoms with Gasteiger partial charge in [-0.15, -0.1) is 0 Å². The zero-order chi connectivity index (χ0) is 15.5. The van der Waals surface area contributed by atoms with Crippen LogP contribution in [0, 0.1) is 0 Å². The van der Waals surface area contributed by atoms with Gasteiger partial charge in [-0.3, -0.25) is 4.79 Å². The molecule has 2 aromatic carbocycles. The predicted molar refractivity (Wildman–Crippen MR) is 84.9 cm³/mol. The number of carbonyl (C=O) groups is 1. The number of hydrogen-bond acceptors (Lipinski definition) is 6. The molecule has 1 N–H and O–H groups in total. The normalized spacial score (nSPS) is 10.5.